The number of hydrogen-bond donors (Lipinski definition) is 0. The zero-order chi connectivity index (χ0) is 18.8. The number of methoxy groups -OCH3 is 1. The lowest BCUT2D eigenvalue weighted by atomic mass is 10.0. The Hall–Kier alpha value is -1.98. The molecule has 5 heteroatoms. The monoisotopic (exact) mass is 441 g/mol. The normalized spacial score (nSPS) is 16.7. The average Bonchev–Trinajstić information content (AvgIpc) is 3.18. The van der Waals surface area contributed by atoms with Gasteiger partial charge in [-0.05, 0) is 34.5 Å². The lowest BCUT2D eigenvalue weighted by Crippen LogP contribution is -2.32. The van der Waals surface area contributed by atoms with Crippen LogP contribution in [0.2, 0.25) is 0 Å². The number of nitrogens with zero attached hydrogens (tertiary/aromatic N) is 1. The Morgan fingerprint density at radius 1 is 1.19 bits per heavy atom. The molecule has 1 saturated heterocycles. The second-order valence-corrected chi connectivity index (χ2v) is 8.62. The second-order valence-electron chi connectivity index (χ2n) is 6.51. The highest BCUT2D eigenvalue weighted by Gasteiger charge is 2.32. The van der Waals surface area contributed by atoms with Gasteiger partial charge < -0.3 is 9.64 Å². The zero-order valence-electron chi connectivity index (χ0n) is 15.0. The zero-order valence-corrected chi connectivity index (χ0v) is 17.4. The Morgan fingerprint density at radius 3 is 2.85 bits per heavy atom. The summed E-state index contributed by atoms with van der Waals surface area (Å²) in [5.41, 5.74) is 2.12. The number of halogens is 1. The van der Waals surface area contributed by atoms with Crippen molar-refractivity contribution in [2.45, 2.75) is 11.8 Å². The van der Waals surface area contributed by atoms with Crippen molar-refractivity contribution in [1.29, 1.82) is 0 Å². The van der Waals surface area contributed by atoms with E-state index < -0.39 is 0 Å². The van der Waals surface area contributed by atoms with E-state index >= 15 is 0 Å². The van der Waals surface area contributed by atoms with E-state index in [1.165, 1.54) is 5.39 Å². The summed E-state index contributed by atoms with van der Waals surface area (Å²) >= 11 is 5.33. The standard InChI is InChI=1S/C22H20BrNO2S/c1-26-20-10-9-17(23)14-19(20)22-24(11-12-27-22)21(25)13-16-7-4-6-15-5-2-3-8-18(15)16/h2-10,14,22H,11-13H2,1H3. The number of benzene rings is 3. The number of carbonyl (C=O) groups is 1. The molecule has 0 spiro atoms. The summed E-state index contributed by atoms with van der Waals surface area (Å²) in [6.45, 7) is 0.759. The molecule has 0 aliphatic carbocycles. The van der Waals surface area contributed by atoms with Crippen LogP contribution in [-0.4, -0.2) is 30.2 Å². The fourth-order valence-corrected chi connectivity index (χ4v) is 5.26. The quantitative estimate of drug-likeness (QED) is 0.540. The summed E-state index contributed by atoms with van der Waals surface area (Å²) in [5.74, 6) is 1.91. The molecule has 1 amide bonds. The highest BCUT2D eigenvalue weighted by atomic mass is 79.9. The lowest BCUT2D eigenvalue weighted by molar-refractivity contribution is -0.130. The molecule has 0 aromatic heterocycles. The van der Waals surface area contributed by atoms with Crippen molar-refractivity contribution >= 4 is 44.4 Å². The van der Waals surface area contributed by atoms with Crippen LogP contribution in [0, 0.1) is 0 Å². The number of fused-ring (bicyclic) bond motifs is 1. The first-order valence-corrected chi connectivity index (χ1v) is 10.7. The third-order valence-electron chi connectivity index (χ3n) is 4.89. The molecule has 3 nitrogen and oxygen atoms in total. The minimum Gasteiger partial charge on any atom is -0.496 e. The van der Waals surface area contributed by atoms with Crippen LogP contribution in [0.3, 0.4) is 0 Å². The molecule has 0 saturated carbocycles. The van der Waals surface area contributed by atoms with Crippen molar-refractivity contribution in [1.82, 2.24) is 4.90 Å². The summed E-state index contributed by atoms with van der Waals surface area (Å²) in [4.78, 5) is 15.2. The van der Waals surface area contributed by atoms with Crippen LogP contribution in [0.1, 0.15) is 16.5 Å². The fraction of sp³-hybridized carbons (Fsp3) is 0.227. The van der Waals surface area contributed by atoms with E-state index in [2.05, 4.69) is 46.3 Å². The highest BCUT2D eigenvalue weighted by molar-refractivity contribution is 9.10. The molecular weight excluding hydrogens is 422 g/mol. The van der Waals surface area contributed by atoms with E-state index in [9.17, 15) is 4.79 Å². The van der Waals surface area contributed by atoms with Gasteiger partial charge in [-0.25, -0.2) is 0 Å². The first-order chi connectivity index (χ1) is 13.2. The molecule has 1 heterocycles. The lowest BCUT2D eigenvalue weighted by Gasteiger charge is -2.26. The van der Waals surface area contributed by atoms with Crippen LogP contribution in [0.5, 0.6) is 5.75 Å². The number of thioether (sulfide) groups is 1. The SMILES string of the molecule is COc1ccc(Br)cc1C1SCCN1C(=O)Cc1cccc2ccccc12. The van der Waals surface area contributed by atoms with Gasteiger partial charge in [-0.2, -0.15) is 0 Å². The minimum atomic E-state index is -0.0140. The molecule has 27 heavy (non-hydrogen) atoms. The van der Waals surface area contributed by atoms with E-state index in [4.69, 9.17) is 4.74 Å². The summed E-state index contributed by atoms with van der Waals surface area (Å²) in [6, 6.07) is 20.4. The maximum Gasteiger partial charge on any atom is 0.228 e. The van der Waals surface area contributed by atoms with E-state index in [0.29, 0.717) is 6.42 Å². The van der Waals surface area contributed by atoms with Crippen molar-refractivity contribution in [3.63, 3.8) is 0 Å². The Balaban J connectivity index is 1.62. The van der Waals surface area contributed by atoms with E-state index in [1.807, 2.05) is 35.2 Å². The Morgan fingerprint density at radius 2 is 2.00 bits per heavy atom. The molecule has 4 rings (SSSR count). The summed E-state index contributed by atoms with van der Waals surface area (Å²) in [6.07, 6.45) is 0.411. The predicted molar refractivity (Wildman–Crippen MR) is 115 cm³/mol. The molecule has 0 bridgehead atoms. The molecule has 0 radical (unpaired) electrons. The van der Waals surface area contributed by atoms with Crippen LogP contribution in [0.15, 0.2) is 65.1 Å². The van der Waals surface area contributed by atoms with Crippen LogP contribution in [0.4, 0.5) is 0 Å². The van der Waals surface area contributed by atoms with Gasteiger partial charge in [0.05, 0.1) is 13.5 Å². The fourth-order valence-electron chi connectivity index (χ4n) is 3.59. The van der Waals surface area contributed by atoms with Crippen molar-refractivity contribution in [3.8, 4) is 5.75 Å². The van der Waals surface area contributed by atoms with Crippen LogP contribution in [0.25, 0.3) is 10.8 Å². The Bertz CT molecular complexity index is 986. The van der Waals surface area contributed by atoms with E-state index in [-0.39, 0.29) is 11.3 Å². The molecule has 1 aliphatic heterocycles. The van der Waals surface area contributed by atoms with Gasteiger partial charge in [-0.3, -0.25) is 4.79 Å². The van der Waals surface area contributed by atoms with E-state index in [1.54, 1.807) is 18.9 Å². The Kier molecular flexibility index (Phi) is 5.41. The molecule has 1 atom stereocenters. The van der Waals surface area contributed by atoms with Gasteiger partial charge in [0.25, 0.3) is 0 Å². The smallest absolute Gasteiger partial charge is 0.228 e. The topological polar surface area (TPSA) is 29.5 Å². The molecule has 1 fully saturated rings. The number of ether oxygens (including phenoxy) is 1. The number of hydrogen-bond acceptors (Lipinski definition) is 3. The van der Waals surface area contributed by atoms with Gasteiger partial charge in [0.15, 0.2) is 0 Å². The van der Waals surface area contributed by atoms with Crippen molar-refractivity contribution < 1.29 is 9.53 Å². The largest absolute Gasteiger partial charge is 0.496 e. The van der Waals surface area contributed by atoms with Gasteiger partial charge in [-0.15, -0.1) is 11.8 Å². The summed E-state index contributed by atoms with van der Waals surface area (Å²) in [7, 11) is 1.68. The van der Waals surface area contributed by atoms with Crippen molar-refractivity contribution in [2.75, 3.05) is 19.4 Å². The molecule has 1 unspecified atom stereocenters. The molecule has 138 valence electrons. The molecule has 3 aromatic rings. The molecule has 0 N–H and O–H groups in total. The maximum atomic E-state index is 13.2. The summed E-state index contributed by atoms with van der Waals surface area (Å²) < 4.78 is 6.54. The predicted octanol–water partition coefficient (Wildman–Crippen LogP) is 5.43. The molecule has 3 aromatic carbocycles. The molecular formula is C22H20BrNO2S. The van der Waals surface area contributed by atoms with Crippen molar-refractivity contribution in [2.24, 2.45) is 0 Å². The second kappa shape index (κ2) is 7.95. The van der Waals surface area contributed by atoms with Crippen LogP contribution < -0.4 is 4.74 Å². The Labute approximate surface area is 171 Å². The summed E-state index contributed by atoms with van der Waals surface area (Å²) in [5, 5.41) is 2.31. The van der Waals surface area contributed by atoms with Gasteiger partial charge in [0.2, 0.25) is 5.91 Å². The van der Waals surface area contributed by atoms with Gasteiger partial charge in [0, 0.05) is 22.3 Å². The minimum absolute atomic E-state index is 0.0140. The first kappa shape index (κ1) is 18.4. The van der Waals surface area contributed by atoms with Gasteiger partial charge in [-0.1, -0.05) is 58.4 Å². The van der Waals surface area contributed by atoms with E-state index in [0.717, 1.165) is 39.0 Å². The van der Waals surface area contributed by atoms with Gasteiger partial charge in [0.1, 0.15) is 11.1 Å². The average molecular weight is 442 g/mol. The van der Waals surface area contributed by atoms with Crippen LogP contribution in [-0.2, 0) is 11.2 Å². The number of amides is 1. The number of rotatable bonds is 4. The first-order valence-electron chi connectivity index (χ1n) is 8.88. The third kappa shape index (κ3) is 3.71. The van der Waals surface area contributed by atoms with Gasteiger partial charge >= 0.3 is 0 Å². The molecule has 1 aliphatic rings. The van der Waals surface area contributed by atoms with Crippen LogP contribution >= 0.6 is 27.7 Å². The maximum absolute atomic E-state index is 13.2. The van der Waals surface area contributed by atoms with Crippen molar-refractivity contribution in [3.05, 3.63) is 76.3 Å². The number of carbonyl (C=O) groups excluding carboxylic acids is 1. The third-order valence-corrected chi connectivity index (χ3v) is 6.63. The highest BCUT2D eigenvalue weighted by Crippen LogP contribution is 2.43.